The number of amides is 1. The number of carbonyl (C=O) groups excluding carboxylic acids is 2. The quantitative estimate of drug-likeness (QED) is 0.0343. The minimum absolute atomic E-state index is 0.101. The molecular weight excluding hydrogens is 1430 g/mol. The number of hydrogen-bond acceptors (Lipinski definition) is 12. The first-order valence-corrected chi connectivity index (χ1v) is 38.2. The Morgan fingerprint density at radius 1 is 0.432 bits per heavy atom. The molecule has 1 fully saturated rings. The summed E-state index contributed by atoms with van der Waals surface area (Å²) in [6.45, 7) is 5.27. The number of aromatic nitrogens is 12. The van der Waals surface area contributed by atoms with Crippen molar-refractivity contribution in [3.8, 4) is 45.0 Å². The van der Waals surface area contributed by atoms with Gasteiger partial charge in [-0.3, -0.25) is 14.4 Å². The van der Waals surface area contributed by atoms with Crippen molar-refractivity contribution in [3.05, 3.63) is 357 Å². The normalized spacial score (nSPS) is 12.9. The van der Waals surface area contributed by atoms with Crippen LogP contribution in [0.25, 0.3) is 45.0 Å². The average molecular weight is 1510 g/mol. The fraction of sp³-hybridized carbons (Fsp3) is 0.200. The van der Waals surface area contributed by atoms with E-state index in [0.717, 1.165) is 104 Å². The third-order valence-electron chi connectivity index (χ3n) is 20.5. The van der Waals surface area contributed by atoms with Crippen molar-refractivity contribution in [1.82, 2.24) is 64.4 Å². The molecule has 4 aromatic heterocycles. The van der Waals surface area contributed by atoms with Crippen LogP contribution in [0.4, 0.5) is 0 Å². The summed E-state index contributed by atoms with van der Waals surface area (Å²) < 4.78 is 3.70. The second-order valence-corrected chi connectivity index (χ2v) is 28.1. The molecule has 1 aliphatic rings. The average Bonchev–Trinajstić information content (AvgIpc) is 1.73. The van der Waals surface area contributed by atoms with Gasteiger partial charge in [-0.2, -0.15) is 0 Å². The molecule has 5 heterocycles. The standard InChI is InChI=1S/C46H42ClN7O3.C44H39ClN6O3/c1-2-3-25-40-48-42(47)41(44(55)52-30-15-24-39(52)45(56)57)53(40)31-32-26-28-33(29-27-32)37-22-13-14-23-38(37)43-49-51-54(50-43)46(34-16-7-4-8-17-34,35-18-9-5-10-19-35)36-20-11-6-12-21-36;1-2-3-23-39-46-42(45)41(38(52)28-29-40(53)54)50(39)30-31-24-26-32(27-25-31)36-21-13-14-22-37(36)43-47-49-51(48-43)44(33-15-7-4-8-16-33,34-17-9-5-10-18-34)35-19-11-6-12-20-35/h4-14,16-23,26-29,39H,2-3,15,24-25,30-31H2,1H3,(H,56,57);4-22,24-27H,2-3,23,28-30H2,1H3,(H,53,54). The predicted molar refractivity (Wildman–Crippen MR) is 429 cm³/mol. The number of aryl methyl sites for hydroxylation is 2. The Bertz CT molecular complexity index is 5330. The van der Waals surface area contributed by atoms with Crippen molar-refractivity contribution in [1.29, 1.82) is 0 Å². The molecular formula is C90H81Cl2N13O6. The molecule has 0 radical (unpaired) electrons. The number of hydrogen-bond donors (Lipinski definition) is 2. The highest BCUT2D eigenvalue weighted by atomic mass is 35.5. The lowest BCUT2D eigenvalue weighted by Gasteiger charge is -2.34. The molecule has 19 nitrogen and oxygen atoms in total. The molecule has 556 valence electrons. The SMILES string of the molecule is CCCCc1nc(Cl)c(C(=O)CCC(=O)O)n1Cc1ccc(-c2ccccc2-c2nnn(C(c3ccccc3)(c3ccccc3)c3ccccc3)n2)cc1.CCCCc1nc(Cl)c(C(=O)N2CCCC2C(=O)O)n1Cc1ccc(-c2ccccc2-c2nnn(C(c3ccccc3)(c3ccccc3)c3ccccc3)n2)cc1. The lowest BCUT2D eigenvalue weighted by atomic mass is 9.77. The van der Waals surface area contributed by atoms with E-state index < -0.39 is 35.0 Å². The van der Waals surface area contributed by atoms with Gasteiger partial charge in [0.15, 0.2) is 27.2 Å². The van der Waals surface area contributed by atoms with Gasteiger partial charge in [-0.1, -0.05) is 329 Å². The maximum absolute atomic E-state index is 13.9. The van der Waals surface area contributed by atoms with Crippen LogP contribution in [0, 0.1) is 0 Å². The fourth-order valence-electron chi connectivity index (χ4n) is 15.0. The number of carboxylic acids is 2. The van der Waals surface area contributed by atoms with Crippen LogP contribution in [-0.4, -0.2) is 111 Å². The van der Waals surface area contributed by atoms with Crippen molar-refractivity contribution in [2.45, 2.75) is 108 Å². The van der Waals surface area contributed by atoms with Gasteiger partial charge in [0.1, 0.15) is 29.1 Å². The molecule has 0 saturated carbocycles. The summed E-state index contributed by atoms with van der Waals surface area (Å²) in [6, 6.07) is 92.9. The molecule has 15 rings (SSSR count). The van der Waals surface area contributed by atoms with Gasteiger partial charge in [0.25, 0.3) is 5.91 Å². The third-order valence-corrected chi connectivity index (χ3v) is 21.0. The summed E-state index contributed by atoms with van der Waals surface area (Å²) in [5.41, 5.74) is 12.0. The highest BCUT2D eigenvalue weighted by Crippen LogP contribution is 2.43. The predicted octanol–water partition coefficient (Wildman–Crippen LogP) is 17.9. The maximum atomic E-state index is 13.9. The van der Waals surface area contributed by atoms with E-state index in [1.165, 1.54) is 4.90 Å². The van der Waals surface area contributed by atoms with Crippen molar-refractivity contribution < 1.29 is 29.4 Å². The van der Waals surface area contributed by atoms with Crippen LogP contribution in [0.2, 0.25) is 10.3 Å². The van der Waals surface area contributed by atoms with Gasteiger partial charge in [0.2, 0.25) is 11.6 Å². The molecule has 0 bridgehead atoms. The van der Waals surface area contributed by atoms with Crippen LogP contribution in [0.3, 0.4) is 0 Å². The Labute approximate surface area is 653 Å². The van der Waals surface area contributed by atoms with Crippen LogP contribution in [-0.2, 0) is 46.6 Å². The molecule has 1 atom stereocenters. The van der Waals surface area contributed by atoms with Crippen molar-refractivity contribution in [2.75, 3.05) is 6.54 Å². The van der Waals surface area contributed by atoms with Crippen molar-refractivity contribution in [2.24, 2.45) is 0 Å². The molecule has 1 unspecified atom stereocenters. The lowest BCUT2D eigenvalue weighted by molar-refractivity contribution is -0.141. The number of nitrogens with zero attached hydrogens (tertiary/aromatic N) is 13. The van der Waals surface area contributed by atoms with Gasteiger partial charge in [-0.15, -0.1) is 30.0 Å². The van der Waals surface area contributed by atoms with Crippen LogP contribution < -0.4 is 0 Å². The van der Waals surface area contributed by atoms with E-state index in [1.807, 2.05) is 215 Å². The van der Waals surface area contributed by atoms with Gasteiger partial charge in [0.05, 0.1) is 6.42 Å². The van der Waals surface area contributed by atoms with Crippen molar-refractivity contribution >= 4 is 46.8 Å². The fourth-order valence-corrected chi connectivity index (χ4v) is 15.6. The number of carboxylic acid groups (broad SMARTS) is 2. The zero-order valence-electron chi connectivity index (χ0n) is 61.4. The highest BCUT2D eigenvalue weighted by Gasteiger charge is 2.44. The molecule has 2 N–H and O–H groups in total. The summed E-state index contributed by atoms with van der Waals surface area (Å²) in [7, 11) is 0. The number of rotatable bonds is 28. The Kier molecular flexibility index (Phi) is 23.3. The molecule has 21 heteroatoms. The first kappa shape index (κ1) is 75.2. The topological polar surface area (TPSA) is 235 Å². The van der Waals surface area contributed by atoms with Crippen molar-refractivity contribution in [3.63, 3.8) is 0 Å². The summed E-state index contributed by atoms with van der Waals surface area (Å²) in [5, 5.41) is 48.4. The molecule has 1 saturated heterocycles. The van der Waals surface area contributed by atoms with E-state index in [9.17, 15) is 29.4 Å². The zero-order valence-corrected chi connectivity index (χ0v) is 62.9. The third kappa shape index (κ3) is 15.6. The number of aliphatic carboxylic acids is 2. The molecule has 1 amide bonds. The number of Topliss-reactive ketones (excluding diaryl/α,β-unsaturated/α-hetero) is 1. The Balaban J connectivity index is 0.000000185. The van der Waals surface area contributed by atoms with Crippen LogP contribution >= 0.6 is 23.2 Å². The molecule has 1 aliphatic heterocycles. The van der Waals surface area contributed by atoms with E-state index in [1.54, 1.807) is 9.59 Å². The minimum Gasteiger partial charge on any atom is -0.481 e. The van der Waals surface area contributed by atoms with Gasteiger partial charge in [-0.05, 0) is 103 Å². The summed E-state index contributed by atoms with van der Waals surface area (Å²) >= 11 is 13.2. The van der Waals surface area contributed by atoms with Gasteiger partial charge < -0.3 is 24.2 Å². The molecule has 14 aromatic rings. The smallest absolute Gasteiger partial charge is 0.326 e. The van der Waals surface area contributed by atoms with Gasteiger partial charge in [-0.25, -0.2) is 14.8 Å². The van der Waals surface area contributed by atoms with Gasteiger partial charge >= 0.3 is 11.9 Å². The number of imidazole rings is 2. The molecule has 0 aliphatic carbocycles. The Morgan fingerprint density at radius 2 is 0.775 bits per heavy atom. The van der Waals surface area contributed by atoms with E-state index in [2.05, 4.69) is 102 Å². The highest BCUT2D eigenvalue weighted by molar-refractivity contribution is 6.33. The molecule has 0 spiro atoms. The van der Waals surface area contributed by atoms with E-state index in [0.29, 0.717) is 68.6 Å². The van der Waals surface area contributed by atoms with Crippen LogP contribution in [0.1, 0.15) is 142 Å². The van der Waals surface area contributed by atoms with Gasteiger partial charge in [0, 0.05) is 50.0 Å². The van der Waals surface area contributed by atoms with Crippen LogP contribution in [0.5, 0.6) is 0 Å². The zero-order chi connectivity index (χ0) is 76.9. The first-order chi connectivity index (χ1) is 54.3. The largest absolute Gasteiger partial charge is 0.481 e. The first-order valence-electron chi connectivity index (χ1n) is 37.4. The summed E-state index contributed by atoms with van der Waals surface area (Å²) in [6.07, 6.45) is 5.58. The second-order valence-electron chi connectivity index (χ2n) is 27.4. The molecule has 111 heavy (non-hydrogen) atoms. The lowest BCUT2D eigenvalue weighted by Crippen LogP contribution is -2.41. The second kappa shape index (κ2) is 34.3. The van der Waals surface area contributed by atoms with E-state index >= 15 is 0 Å². The van der Waals surface area contributed by atoms with E-state index in [-0.39, 0.29) is 40.3 Å². The number of benzene rings is 10. The van der Waals surface area contributed by atoms with E-state index in [4.69, 9.17) is 48.9 Å². The Hall–Kier alpha value is -12.6. The number of carbonyl (C=O) groups is 4. The Morgan fingerprint density at radius 3 is 1.13 bits per heavy atom. The monoisotopic (exact) mass is 1510 g/mol. The number of likely N-dealkylation sites (tertiary alicyclic amines) is 1. The summed E-state index contributed by atoms with van der Waals surface area (Å²) in [4.78, 5) is 64.2. The number of unbranched alkanes of at least 4 members (excludes halogenated alkanes) is 2. The molecule has 10 aromatic carbocycles. The minimum atomic E-state index is -1.03. The summed E-state index contributed by atoms with van der Waals surface area (Å²) in [5.74, 6) is -0.389. The number of tetrazole rings is 2. The maximum Gasteiger partial charge on any atom is 0.326 e. The van der Waals surface area contributed by atoms with Crippen LogP contribution in [0.15, 0.2) is 279 Å². The number of halogens is 2. The number of ketones is 1.